The molecule has 2 heterocycles. The van der Waals surface area contributed by atoms with Gasteiger partial charge in [-0.2, -0.15) is 9.50 Å². The van der Waals surface area contributed by atoms with E-state index in [9.17, 15) is 4.21 Å². The number of hydrogen-bond acceptors (Lipinski definition) is 2. The van der Waals surface area contributed by atoms with Crippen LogP contribution in [0.15, 0.2) is 10.5 Å². The van der Waals surface area contributed by atoms with E-state index in [0.717, 1.165) is 36.5 Å². The van der Waals surface area contributed by atoms with Crippen LogP contribution in [0.2, 0.25) is 0 Å². The zero-order valence-corrected chi connectivity index (χ0v) is 16.7. The Balaban J connectivity index is 2.43. The first kappa shape index (κ1) is 18.4. The Bertz CT molecular complexity index is 642. The predicted octanol–water partition coefficient (Wildman–Crippen LogP) is 4.15. The van der Waals surface area contributed by atoms with E-state index in [0.29, 0.717) is 0 Å². The molecule has 1 atom stereocenters. The molecule has 1 aromatic rings. The van der Waals surface area contributed by atoms with E-state index in [4.69, 9.17) is 5.10 Å². The molecule has 0 N–H and O–H groups in total. The van der Waals surface area contributed by atoms with Gasteiger partial charge in [0.15, 0.2) is 0 Å². The highest BCUT2D eigenvalue weighted by molar-refractivity contribution is 7.85. The summed E-state index contributed by atoms with van der Waals surface area (Å²) >= 11 is 0. The van der Waals surface area contributed by atoms with Gasteiger partial charge >= 0.3 is 0 Å². The summed E-state index contributed by atoms with van der Waals surface area (Å²) in [7, 11) is -1.24. The summed E-state index contributed by atoms with van der Waals surface area (Å²) in [5.74, 6) is 0. The molecule has 0 aromatic carbocycles. The maximum Gasteiger partial charge on any atom is 0.145 e. The molecular formula is C18H31N3OS. The van der Waals surface area contributed by atoms with Gasteiger partial charge in [-0.25, -0.2) is 4.21 Å². The van der Waals surface area contributed by atoms with Gasteiger partial charge in [0.2, 0.25) is 0 Å². The summed E-state index contributed by atoms with van der Waals surface area (Å²) in [5.41, 5.74) is 3.35. The van der Waals surface area contributed by atoms with E-state index in [1.54, 1.807) is 0 Å². The molecule has 0 fully saturated rings. The first-order chi connectivity index (χ1) is 10.3. The Morgan fingerprint density at radius 3 is 2.39 bits per heavy atom. The molecule has 0 unspecified atom stereocenters. The number of aromatic nitrogens is 2. The fraction of sp³-hybridized carbons (Fsp3) is 0.778. The normalized spacial score (nSPS) is 21.3. The molecule has 1 aliphatic rings. The van der Waals surface area contributed by atoms with Gasteiger partial charge in [-0.3, -0.25) is 4.68 Å². The molecule has 0 amide bonds. The molecule has 0 saturated heterocycles. The van der Waals surface area contributed by atoms with Crippen molar-refractivity contribution in [3.05, 3.63) is 17.5 Å². The Morgan fingerprint density at radius 1 is 1.26 bits per heavy atom. The third-order valence-corrected chi connectivity index (χ3v) is 5.21. The van der Waals surface area contributed by atoms with Crippen LogP contribution in [-0.4, -0.2) is 24.4 Å². The Hall–Kier alpha value is -0.970. The second-order valence-electron chi connectivity index (χ2n) is 9.66. The van der Waals surface area contributed by atoms with Crippen LogP contribution in [0.25, 0.3) is 0 Å². The largest absolute Gasteiger partial charge is 0.263 e. The van der Waals surface area contributed by atoms with Crippen LogP contribution in [-0.2, 0) is 24.0 Å². The van der Waals surface area contributed by atoms with Crippen molar-refractivity contribution >= 4 is 16.7 Å². The number of nitrogens with zero attached hydrogens (tertiary/aromatic N) is 3. The molecule has 130 valence electrons. The highest BCUT2D eigenvalue weighted by atomic mass is 32.2. The zero-order chi connectivity index (χ0) is 17.6. The van der Waals surface area contributed by atoms with E-state index >= 15 is 0 Å². The summed E-state index contributed by atoms with van der Waals surface area (Å²) in [6, 6.07) is 2.14. The van der Waals surface area contributed by atoms with Crippen LogP contribution in [0.1, 0.15) is 73.2 Å². The topological polar surface area (TPSA) is 47.2 Å². The minimum atomic E-state index is -1.24. The molecule has 0 bridgehead atoms. The maximum absolute atomic E-state index is 12.5. The minimum Gasteiger partial charge on any atom is -0.263 e. The molecule has 1 aliphatic heterocycles. The summed E-state index contributed by atoms with van der Waals surface area (Å²) in [6.45, 7) is 17.9. The minimum absolute atomic E-state index is 0.0823. The summed E-state index contributed by atoms with van der Waals surface area (Å²) in [4.78, 5) is 0. The molecule has 0 aliphatic carbocycles. The second kappa shape index (κ2) is 5.83. The Kier molecular flexibility index (Phi) is 4.66. The highest BCUT2D eigenvalue weighted by Crippen LogP contribution is 2.33. The SMILES string of the molecule is CC(C)(C)Cc1cc2n(n1)CC(C)(C)C/C2=N\[S@@](=O)C(C)(C)C. The molecule has 4 nitrogen and oxygen atoms in total. The van der Waals surface area contributed by atoms with Gasteiger partial charge < -0.3 is 0 Å². The standard InChI is InChI=1S/C18H31N3OS/c1-16(2,3)10-13-9-15-14(20-23(22)17(4,5)6)11-18(7,8)12-21(15)19-13/h9H,10-12H2,1-8H3/b20-14+/t23-/m0/s1. The van der Waals surface area contributed by atoms with Crippen LogP contribution in [0.5, 0.6) is 0 Å². The van der Waals surface area contributed by atoms with Crippen molar-refractivity contribution in [1.82, 2.24) is 9.78 Å². The van der Waals surface area contributed by atoms with Crippen LogP contribution < -0.4 is 0 Å². The van der Waals surface area contributed by atoms with Crippen molar-refractivity contribution < 1.29 is 4.21 Å². The van der Waals surface area contributed by atoms with E-state index in [1.807, 2.05) is 20.8 Å². The van der Waals surface area contributed by atoms with Gasteiger partial charge in [0.05, 0.1) is 21.8 Å². The number of fused-ring (bicyclic) bond motifs is 1. The Morgan fingerprint density at radius 2 is 1.87 bits per heavy atom. The van der Waals surface area contributed by atoms with E-state index in [2.05, 4.69) is 49.8 Å². The monoisotopic (exact) mass is 337 g/mol. The van der Waals surface area contributed by atoms with Gasteiger partial charge in [0.25, 0.3) is 0 Å². The van der Waals surface area contributed by atoms with Gasteiger partial charge in [-0.1, -0.05) is 34.6 Å². The molecular weight excluding hydrogens is 306 g/mol. The lowest BCUT2D eigenvalue weighted by Gasteiger charge is -2.31. The van der Waals surface area contributed by atoms with E-state index < -0.39 is 11.0 Å². The fourth-order valence-electron chi connectivity index (χ4n) is 2.77. The fourth-order valence-corrected chi connectivity index (χ4v) is 3.41. The van der Waals surface area contributed by atoms with Crippen LogP contribution >= 0.6 is 0 Å². The highest BCUT2D eigenvalue weighted by Gasteiger charge is 2.33. The average molecular weight is 338 g/mol. The smallest absolute Gasteiger partial charge is 0.145 e. The number of rotatable bonds is 2. The first-order valence-electron chi connectivity index (χ1n) is 8.34. The van der Waals surface area contributed by atoms with Gasteiger partial charge in [-0.05, 0) is 50.5 Å². The van der Waals surface area contributed by atoms with Crippen molar-refractivity contribution in [2.45, 2.75) is 79.5 Å². The van der Waals surface area contributed by atoms with Crippen LogP contribution in [0, 0.1) is 10.8 Å². The van der Waals surface area contributed by atoms with Gasteiger partial charge in [-0.15, -0.1) is 0 Å². The maximum atomic E-state index is 12.5. The van der Waals surface area contributed by atoms with Gasteiger partial charge in [0.1, 0.15) is 11.0 Å². The lowest BCUT2D eigenvalue weighted by atomic mass is 9.83. The molecule has 0 saturated carbocycles. The van der Waals surface area contributed by atoms with Crippen molar-refractivity contribution in [3.8, 4) is 0 Å². The molecule has 23 heavy (non-hydrogen) atoms. The first-order valence-corrected chi connectivity index (χ1v) is 9.44. The molecule has 0 radical (unpaired) electrons. The average Bonchev–Trinajstić information content (AvgIpc) is 2.65. The number of hydrogen-bond donors (Lipinski definition) is 0. The van der Waals surface area contributed by atoms with Crippen LogP contribution in [0.3, 0.4) is 0 Å². The molecule has 2 rings (SSSR count). The lowest BCUT2D eigenvalue weighted by Crippen LogP contribution is -2.33. The van der Waals surface area contributed by atoms with E-state index in [-0.39, 0.29) is 15.6 Å². The second-order valence-corrected chi connectivity index (χ2v) is 11.6. The molecule has 0 spiro atoms. The van der Waals surface area contributed by atoms with Crippen molar-refractivity contribution in [3.63, 3.8) is 0 Å². The third kappa shape index (κ3) is 4.75. The zero-order valence-electron chi connectivity index (χ0n) is 15.9. The van der Waals surface area contributed by atoms with Crippen molar-refractivity contribution in [2.24, 2.45) is 15.2 Å². The molecule has 1 aromatic heterocycles. The van der Waals surface area contributed by atoms with E-state index in [1.165, 1.54) is 0 Å². The lowest BCUT2D eigenvalue weighted by molar-refractivity contribution is 0.286. The summed E-state index contributed by atoms with van der Waals surface area (Å²) in [5, 5.41) is 4.79. The summed E-state index contributed by atoms with van der Waals surface area (Å²) in [6.07, 6.45) is 1.78. The van der Waals surface area contributed by atoms with Crippen LogP contribution in [0.4, 0.5) is 0 Å². The van der Waals surface area contributed by atoms with Crippen molar-refractivity contribution in [1.29, 1.82) is 0 Å². The van der Waals surface area contributed by atoms with Gasteiger partial charge in [0, 0.05) is 6.54 Å². The third-order valence-electron chi connectivity index (χ3n) is 3.78. The summed E-state index contributed by atoms with van der Waals surface area (Å²) < 4.78 is 18.8. The quantitative estimate of drug-likeness (QED) is 0.814. The predicted molar refractivity (Wildman–Crippen MR) is 98.2 cm³/mol. The molecule has 5 heteroatoms. The Labute approximate surface area is 143 Å². The van der Waals surface area contributed by atoms with Crippen molar-refractivity contribution in [2.75, 3.05) is 0 Å².